The highest BCUT2D eigenvalue weighted by molar-refractivity contribution is 7.91. The van der Waals surface area contributed by atoms with Crippen LogP contribution < -0.4 is 5.32 Å². The summed E-state index contributed by atoms with van der Waals surface area (Å²) in [5.74, 6) is -1.19. The maximum Gasteiger partial charge on any atom is 0.350 e. The van der Waals surface area contributed by atoms with Gasteiger partial charge in [-0.05, 0) is 20.3 Å². The van der Waals surface area contributed by atoms with Crippen molar-refractivity contribution in [2.75, 3.05) is 18.1 Å². The third kappa shape index (κ3) is 4.72. The minimum absolute atomic E-state index is 0.0475. The van der Waals surface area contributed by atoms with Crippen LogP contribution in [0.15, 0.2) is 30.3 Å². The number of hydrogen-bond acceptors (Lipinski definition) is 7. The Morgan fingerprint density at radius 3 is 2.63 bits per heavy atom. The van der Waals surface area contributed by atoms with Crippen molar-refractivity contribution in [1.29, 1.82) is 0 Å². The van der Waals surface area contributed by atoms with E-state index in [2.05, 4.69) is 10.3 Å². The number of amides is 1. The Kier molecular flexibility index (Phi) is 5.34. The van der Waals surface area contributed by atoms with Crippen LogP contribution in [-0.4, -0.2) is 48.9 Å². The fourth-order valence-electron chi connectivity index (χ4n) is 2.97. The number of thiazole rings is 1. The average Bonchev–Trinajstić information content (AvgIpc) is 3.12. The van der Waals surface area contributed by atoms with Gasteiger partial charge in [-0.25, -0.2) is 18.2 Å². The third-order valence-electron chi connectivity index (χ3n) is 4.28. The average molecular weight is 409 g/mol. The molecule has 0 radical (unpaired) electrons. The lowest BCUT2D eigenvalue weighted by Gasteiger charge is -2.23. The lowest BCUT2D eigenvalue weighted by Crippen LogP contribution is -2.48. The lowest BCUT2D eigenvalue weighted by atomic mass is 10.0. The summed E-state index contributed by atoms with van der Waals surface area (Å²) in [7, 11) is -3.13. The van der Waals surface area contributed by atoms with Crippen molar-refractivity contribution < 1.29 is 22.7 Å². The van der Waals surface area contributed by atoms with E-state index in [9.17, 15) is 18.0 Å². The molecule has 0 aliphatic carbocycles. The predicted octanol–water partition coefficient (Wildman–Crippen LogP) is 1.97. The van der Waals surface area contributed by atoms with E-state index in [1.165, 1.54) is 11.3 Å². The molecule has 0 spiro atoms. The van der Waals surface area contributed by atoms with Crippen LogP contribution in [0, 0.1) is 6.92 Å². The first-order chi connectivity index (χ1) is 12.7. The summed E-state index contributed by atoms with van der Waals surface area (Å²) in [6, 6.07) is 9.47. The normalized spacial score (nSPS) is 21.0. The van der Waals surface area contributed by atoms with E-state index in [1.54, 1.807) is 13.8 Å². The summed E-state index contributed by atoms with van der Waals surface area (Å²) < 4.78 is 28.3. The van der Waals surface area contributed by atoms with E-state index < -0.39 is 33.9 Å². The van der Waals surface area contributed by atoms with Gasteiger partial charge in [0.1, 0.15) is 9.88 Å². The number of hydrogen-bond donors (Lipinski definition) is 1. The summed E-state index contributed by atoms with van der Waals surface area (Å²) in [5.41, 5.74) is 0.624. The number of benzene rings is 1. The molecule has 0 unspecified atom stereocenters. The molecule has 1 aliphatic heterocycles. The number of aromatic nitrogens is 1. The Hall–Kier alpha value is -2.26. The fourth-order valence-corrected chi connectivity index (χ4v) is 6.03. The Morgan fingerprint density at radius 2 is 2.00 bits per heavy atom. The summed E-state index contributed by atoms with van der Waals surface area (Å²) in [5, 5.41) is 3.36. The molecule has 1 aromatic carbocycles. The van der Waals surface area contributed by atoms with Crippen LogP contribution in [-0.2, 0) is 19.4 Å². The van der Waals surface area contributed by atoms with Gasteiger partial charge in [-0.2, -0.15) is 0 Å². The molecular weight excluding hydrogens is 388 g/mol. The molecule has 144 valence electrons. The molecule has 1 N–H and O–H groups in total. The smallest absolute Gasteiger partial charge is 0.350 e. The van der Waals surface area contributed by atoms with Gasteiger partial charge in [0, 0.05) is 5.56 Å². The molecule has 1 saturated heterocycles. The number of ether oxygens (including phenoxy) is 1. The van der Waals surface area contributed by atoms with Crippen LogP contribution in [0.25, 0.3) is 10.6 Å². The van der Waals surface area contributed by atoms with Crippen LogP contribution in [0.3, 0.4) is 0 Å². The van der Waals surface area contributed by atoms with Gasteiger partial charge in [0.05, 0.1) is 22.7 Å². The number of esters is 1. The largest absolute Gasteiger partial charge is 0.451 e. The minimum atomic E-state index is -3.13. The zero-order valence-corrected chi connectivity index (χ0v) is 16.7. The zero-order chi connectivity index (χ0) is 19.7. The Morgan fingerprint density at radius 1 is 1.30 bits per heavy atom. The van der Waals surface area contributed by atoms with Gasteiger partial charge in [0.15, 0.2) is 16.4 Å². The van der Waals surface area contributed by atoms with Crippen LogP contribution in [0.5, 0.6) is 0 Å². The molecule has 1 atom stereocenters. The second-order valence-corrected chi connectivity index (χ2v) is 10.0. The van der Waals surface area contributed by atoms with Crippen molar-refractivity contribution in [1.82, 2.24) is 10.3 Å². The molecule has 1 fully saturated rings. The van der Waals surface area contributed by atoms with Crippen molar-refractivity contribution in [2.24, 2.45) is 0 Å². The van der Waals surface area contributed by atoms with Crippen LogP contribution in [0.1, 0.15) is 28.7 Å². The Labute approximate surface area is 161 Å². The topological polar surface area (TPSA) is 102 Å². The molecule has 0 bridgehead atoms. The highest BCUT2D eigenvalue weighted by Gasteiger charge is 2.39. The highest BCUT2D eigenvalue weighted by Crippen LogP contribution is 2.28. The summed E-state index contributed by atoms with van der Waals surface area (Å²) in [4.78, 5) is 29.1. The summed E-state index contributed by atoms with van der Waals surface area (Å²) in [6.07, 6.45) is 0.351. The Bertz CT molecular complexity index is 969. The number of carbonyl (C=O) groups excluding carboxylic acids is 2. The number of carbonyl (C=O) groups is 2. The van der Waals surface area contributed by atoms with E-state index in [1.807, 2.05) is 30.3 Å². The first-order valence-corrected chi connectivity index (χ1v) is 11.0. The van der Waals surface area contributed by atoms with E-state index in [0.29, 0.717) is 22.0 Å². The van der Waals surface area contributed by atoms with Crippen molar-refractivity contribution >= 4 is 33.1 Å². The number of nitrogens with one attached hydrogen (secondary N) is 1. The molecule has 1 amide bonds. The van der Waals surface area contributed by atoms with E-state index in [-0.39, 0.29) is 11.5 Å². The highest BCUT2D eigenvalue weighted by atomic mass is 32.2. The van der Waals surface area contributed by atoms with Gasteiger partial charge >= 0.3 is 5.97 Å². The predicted molar refractivity (Wildman–Crippen MR) is 102 cm³/mol. The van der Waals surface area contributed by atoms with Gasteiger partial charge in [-0.1, -0.05) is 30.3 Å². The summed E-state index contributed by atoms with van der Waals surface area (Å²) in [6.45, 7) is 2.92. The molecular formula is C18H20N2O5S2. The maximum absolute atomic E-state index is 12.3. The molecule has 9 heteroatoms. The number of nitrogens with zero attached hydrogens (tertiary/aromatic N) is 1. The van der Waals surface area contributed by atoms with Crippen molar-refractivity contribution in [3.63, 3.8) is 0 Å². The standard InChI is InChI=1S/C18H20N2O5S2/c1-12-15(26-16(19-12)13-6-4-3-5-7-13)17(22)25-10-14(21)20-18(2)8-9-27(23,24)11-18/h3-7H,8-11H2,1-2H3,(H,20,21)/t18-/m0/s1. The molecule has 1 aliphatic rings. The van der Waals surface area contributed by atoms with Crippen LogP contribution in [0.4, 0.5) is 0 Å². The number of rotatable bonds is 5. The Balaban J connectivity index is 1.60. The van der Waals surface area contributed by atoms with Gasteiger partial charge < -0.3 is 10.1 Å². The van der Waals surface area contributed by atoms with Gasteiger partial charge in [-0.15, -0.1) is 11.3 Å². The number of aryl methyl sites for hydroxylation is 1. The van der Waals surface area contributed by atoms with E-state index in [4.69, 9.17) is 4.74 Å². The first-order valence-electron chi connectivity index (χ1n) is 8.39. The zero-order valence-electron chi connectivity index (χ0n) is 15.0. The van der Waals surface area contributed by atoms with Crippen molar-refractivity contribution in [2.45, 2.75) is 25.8 Å². The van der Waals surface area contributed by atoms with Crippen LogP contribution in [0.2, 0.25) is 0 Å². The van der Waals surface area contributed by atoms with Crippen molar-refractivity contribution in [3.8, 4) is 10.6 Å². The monoisotopic (exact) mass is 408 g/mol. The molecule has 27 heavy (non-hydrogen) atoms. The minimum Gasteiger partial charge on any atom is -0.451 e. The molecule has 1 aromatic heterocycles. The van der Waals surface area contributed by atoms with Crippen LogP contribution >= 0.6 is 11.3 Å². The first kappa shape index (κ1) is 19.5. The molecule has 2 heterocycles. The second kappa shape index (κ2) is 7.40. The number of sulfone groups is 1. The van der Waals surface area contributed by atoms with E-state index in [0.717, 1.165) is 5.56 Å². The quantitative estimate of drug-likeness (QED) is 0.759. The van der Waals surface area contributed by atoms with Gasteiger partial charge in [-0.3, -0.25) is 4.79 Å². The van der Waals surface area contributed by atoms with E-state index >= 15 is 0 Å². The summed E-state index contributed by atoms with van der Waals surface area (Å²) >= 11 is 1.21. The molecule has 0 saturated carbocycles. The van der Waals surface area contributed by atoms with Crippen molar-refractivity contribution in [3.05, 3.63) is 40.9 Å². The van der Waals surface area contributed by atoms with Gasteiger partial charge in [0.2, 0.25) is 0 Å². The molecule has 7 nitrogen and oxygen atoms in total. The second-order valence-electron chi connectivity index (χ2n) is 6.83. The fraction of sp³-hybridized carbons (Fsp3) is 0.389. The third-order valence-corrected chi connectivity index (χ3v) is 7.37. The van der Waals surface area contributed by atoms with Gasteiger partial charge in [0.25, 0.3) is 5.91 Å². The maximum atomic E-state index is 12.3. The molecule has 3 rings (SSSR count). The molecule has 2 aromatic rings. The lowest BCUT2D eigenvalue weighted by molar-refractivity contribution is -0.125. The SMILES string of the molecule is Cc1nc(-c2ccccc2)sc1C(=O)OCC(=O)N[C@@]1(C)CCS(=O)(=O)C1.